The number of benzene rings is 2. The Kier molecular flexibility index (Phi) is 1.91. The maximum atomic E-state index is 11.7. The smallest absolute Gasteiger partial charge is 0.318 e. The highest BCUT2D eigenvalue weighted by atomic mass is 16.5. The third kappa shape index (κ3) is 1.49. The Hall–Kier alpha value is -2.23. The summed E-state index contributed by atoms with van der Waals surface area (Å²) in [6.07, 6.45) is 0.736. The molecular formula is C15H14N2O2. The lowest BCUT2D eigenvalue weighted by Gasteiger charge is -2.44. The Morgan fingerprint density at radius 3 is 3.00 bits per heavy atom. The summed E-state index contributed by atoms with van der Waals surface area (Å²) in [6, 6.07) is 12.1. The van der Waals surface area contributed by atoms with E-state index >= 15 is 0 Å². The average Bonchev–Trinajstić information content (AvgIpc) is 2.36. The van der Waals surface area contributed by atoms with Gasteiger partial charge in [-0.2, -0.15) is 0 Å². The molecule has 4 heteroatoms. The van der Waals surface area contributed by atoms with Crippen molar-refractivity contribution in [2.24, 2.45) is 0 Å². The Labute approximate surface area is 110 Å². The summed E-state index contributed by atoms with van der Waals surface area (Å²) in [5.41, 5.74) is 0.480. The van der Waals surface area contributed by atoms with Gasteiger partial charge in [0.1, 0.15) is 5.75 Å². The zero-order valence-electron chi connectivity index (χ0n) is 10.6. The molecule has 0 spiro atoms. The first-order chi connectivity index (χ1) is 9.15. The molecule has 2 N–H and O–H groups in total. The fraction of sp³-hybridized carbons (Fsp3) is 0.267. The second-order valence-corrected chi connectivity index (χ2v) is 5.39. The van der Waals surface area contributed by atoms with Crippen LogP contribution in [0.15, 0.2) is 36.4 Å². The summed E-state index contributed by atoms with van der Waals surface area (Å²) in [5.74, 6) is 0.852. The number of rotatable bonds is 0. The Balaban J connectivity index is 1.99. The Bertz CT molecular complexity index is 698. The fourth-order valence-corrected chi connectivity index (χ4v) is 3.13. The zero-order valence-corrected chi connectivity index (χ0v) is 10.6. The van der Waals surface area contributed by atoms with E-state index in [9.17, 15) is 4.79 Å². The van der Waals surface area contributed by atoms with Crippen LogP contribution in [0.4, 0.5) is 4.79 Å². The normalized spacial score (nSPS) is 28.1. The van der Waals surface area contributed by atoms with Gasteiger partial charge in [0.25, 0.3) is 0 Å². The SMILES string of the molecule is CC12CC(NC(=O)N1)c1c(ccc3ccccc13)O2. The van der Waals surface area contributed by atoms with Gasteiger partial charge in [-0.25, -0.2) is 4.79 Å². The van der Waals surface area contributed by atoms with Gasteiger partial charge in [0.05, 0.1) is 6.04 Å². The largest absolute Gasteiger partial charge is 0.468 e. The van der Waals surface area contributed by atoms with E-state index in [2.05, 4.69) is 28.8 Å². The molecule has 2 amide bonds. The Morgan fingerprint density at radius 1 is 1.26 bits per heavy atom. The molecule has 0 radical (unpaired) electrons. The van der Waals surface area contributed by atoms with Crippen molar-refractivity contribution >= 4 is 16.8 Å². The van der Waals surface area contributed by atoms with E-state index in [1.54, 1.807) is 0 Å². The first-order valence-corrected chi connectivity index (χ1v) is 6.44. The summed E-state index contributed by atoms with van der Waals surface area (Å²) in [4.78, 5) is 11.7. The predicted octanol–water partition coefficient (Wildman–Crippen LogP) is 2.69. The topological polar surface area (TPSA) is 50.4 Å². The molecule has 2 unspecified atom stereocenters. The molecule has 0 aromatic heterocycles. The van der Waals surface area contributed by atoms with E-state index in [1.165, 1.54) is 5.39 Å². The minimum atomic E-state index is -0.609. The van der Waals surface area contributed by atoms with Crippen molar-refractivity contribution in [1.29, 1.82) is 0 Å². The molecule has 0 aliphatic carbocycles. The van der Waals surface area contributed by atoms with Crippen LogP contribution in [0.1, 0.15) is 24.9 Å². The number of hydrogen-bond acceptors (Lipinski definition) is 2. The van der Waals surface area contributed by atoms with Crippen LogP contribution in [0.2, 0.25) is 0 Å². The van der Waals surface area contributed by atoms with Gasteiger partial charge in [-0.1, -0.05) is 30.3 Å². The summed E-state index contributed by atoms with van der Waals surface area (Å²) >= 11 is 0. The van der Waals surface area contributed by atoms with Gasteiger partial charge in [0.2, 0.25) is 0 Å². The van der Waals surface area contributed by atoms with E-state index < -0.39 is 5.72 Å². The number of urea groups is 1. The minimum Gasteiger partial charge on any atom is -0.468 e. The molecule has 0 saturated carbocycles. The molecular weight excluding hydrogens is 240 g/mol. The molecule has 19 heavy (non-hydrogen) atoms. The van der Waals surface area contributed by atoms with Crippen LogP contribution in [-0.2, 0) is 0 Å². The maximum Gasteiger partial charge on any atom is 0.318 e. The molecule has 2 aliphatic rings. The van der Waals surface area contributed by atoms with E-state index in [0.717, 1.165) is 23.1 Å². The average molecular weight is 254 g/mol. The second-order valence-electron chi connectivity index (χ2n) is 5.39. The van der Waals surface area contributed by atoms with Crippen LogP contribution in [0.5, 0.6) is 5.75 Å². The lowest BCUT2D eigenvalue weighted by molar-refractivity contribution is 0.0125. The summed E-state index contributed by atoms with van der Waals surface area (Å²) in [5, 5.41) is 8.15. The van der Waals surface area contributed by atoms with Gasteiger partial charge in [0, 0.05) is 12.0 Å². The van der Waals surface area contributed by atoms with Crippen molar-refractivity contribution < 1.29 is 9.53 Å². The standard InChI is InChI=1S/C15H14N2O2/c1-15-8-11(16-14(18)17-15)13-10-5-3-2-4-9(10)6-7-12(13)19-15/h2-7,11H,8H2,1H3,(H2,16,17,18). The molecule has 1 fully saturated rings. The van der Waals surface area contributed by atoms with Crippen molar-refractivity contribution in [3.05, 3.63) is 42.0 Å². The monoisotopic (exact) mass is 254 g/mol. The molecule has 2 atom stereocenters. The number of hydrogen-bond donors (Lipinski definition) is 2. The van der Waals surface area contributed by atoms with Crippen LogP contribution in [0, 0.1) is 0 Å². The molecule has 4 rings (SSSR count). The van der Waals surface area contributed by atoms with Gasteiger partial charge in [0.15, 0.2) is 5.72 Å². The van der Waals surface area contributed by atoms with Crippen LogP contribution >= 0.6 is 0 Å². The molecule has 2 heterocycles. The van der Waals surface area contributed by atoms with Crippen molar-refractivity contribution in [3.63, 3.8) is 0 Å². The molecule has 96 valence electrons. The van der Waals surface area contributed by atoms with Gasteiger partial charge in [-0.3, -0.25) is 0 Å². The second kappa shape index (κ2) is 3.41. The first kappa shape index (κ1) is 10.7. The Morgan fingerprint density at radius 2 is 2.11 bits per heavy atom. The number of fused-ring (bicyclic) bond motifs is 6. The molecule has 4 nitrogen and oxygen atoms in total. The number of nitrogens with one attached hydrogen (secondary N) is 2. The molecule has 2 aliphatic heterocycles. The number of carbonyl (C=O) groups is 1. The fourth-order valence-electron chi connectivity index (χ4n) is 3.13. The molecule has 1 saturated heterocycles. The lowest BCUT2D eigenvalue weighted by Crippen LogP contribution is -2.62. The minimum absolute atomic E-state index is 0.00796. The molecule has 2 aromatic carbocycles. The first-order valence-electron chi connectivity index (χ1n) is 6.44. The lowest BCUT2D eigenvalue weighted by atomic mass is 9.88. The molecule has 2 bridgehead atoms. The zero-order chi connectivity index (χ0) is 13.0. The number of carbonyl (C=O) groups excluding carboxylic acids is 1. The third-order valence-corrected chi connectivity index (χ3v) is 3.89. The van der Waals surface area contributed by atoms with Gasteiger partial charge < -0.3 is 15.4 Å². The summed E-state index contributed by atoms with van der Waals surface area (Å²) in [6.45, 7) is 1.91. The van der Waals surface area contributed by atoms with Gasteiger partial charge >= 0.3 is 6.03 Å². The van der Waals surface area contributed by atoms with Crippen LogP contribution in [0.25, 0.3) is 10.8 Å². The van der Waals surface area contributed by atoms with Crippen LogP contribution in [-0.4, -0.2) is 11.8 Å². The highest BCUT2D eigenvalue weighted by molar-refractivity contribution is 5.89. The van der Waals surface area contributed by atoms with Crippen molar-refractivity contribution in [3.8, 4) is 5.75 Å². The van der Waals surface area contributed by atoms with E-state index in [1.807, 2.05) is 25.1 Å². The highest BCUT2D eigenvalue weighted by Crippen LogP contribution is 2.43. The van der Waals surface area contributed by atoms with E-state index in [0.29, 0.717) is 0 Å². The number of amides is 2. The summed E-state index contributed by atoms with van der Waals surface area (Å²) < 4.78 is 6.00. The predicted molar refractivity (Wildman–Crippen MR) is 72.0 cm³/mol. The van der Waals surface area contributed by atoms with Crippen LogP contribution < -0.4 is 15.4 Å². The highest BCUT2D eigenvalue weighted by Gasteiger charge is 2.43. The maximum absolute atomic E-state index is 11.7. The van der Waals surface area contributed by atoms with Crippen LogP contribution in [0.3, 0.4) is 0 Å². The van der Waals surface area contributed by atoms with Crippen molar-refractivity contribution in [1.82, 2.24) is 10.6 Å². The van der Waals surface area contributed by atoms with Crippen molar-refractivity contribution in [2.75, 3.05) is 0 Å². The van der Waals surface area contributed by atoms with Gasteiger partial charge in [-0.15, -0.1) is 0 Å². The number of ether oxygens (including phenoxy) is 1. The molecule has 2 aromatic rings. The van der Waals surface area contributed by atoms with E-state index in [4.69, 9.17) is 4.74 Å². The summed E-state index contributed by atoms with van der Waals surface area (Å²) in [7, 11) is 0. The van der Waals surface area contributed by atoms with Gasteiger partial charge in [-0.05, 0) is 23.8 Å². The van der Waals surface area contributed by atoms with Crippen molar-refractivity contribution in [2.45, 2.75) is 25.1 Å². The van der Waals surface area contributed by atoms with E-state index in [-0.39, 0.29) is 12.1 Å². The quantitative estimate of drug-likeness (QED) is 0.759. The third-order valence-electron chi connectivity index (χ3n) is 3.89.